The van der Waals surface area contributed by atoms with E-state index in [-0.39, 0.29) is 18.4 Å². The number of rotatable bonds is 5. The highest BCUT2D eigenvalue weighted by atomic mass is 16.3. The number of pyridine rings is 1. The third kappa shape index (κ3) is 4.33. The second kappa shape index (κ2) is 8.44. The third-order valence-corrected chi connectivity index (χ3v) is 5.11. The van der Waals surface area contributed by atoms with Crippen molar-refractivity contribution in [2.75, 3.05) is 11.9 Å². The number of anilines is 1. The molecule has 0 atom stereocenters. The molecule has 2 amide bonds. The first-order valence-electron chi connectivity index (χ1n) is 10.0. The monoisotopic (exact) mass is 413 g/mol. The summed E-state index contributed by atoms with van der Waals surface area (Å²) in [5.41, 5.74) is 4.40. The van der Waals surface area contributed by atoms with Gasteiger partial charge < -0.3 is 15.1 Å². The van der Waals surface area contributed by atoms with Gasteiger partial charge in [-0.25, -0.2) is 4.98 Å². The first-order chi connectivity index (χ1) is 14.9. The van der Waals surface area contributed by atoms with E-state index in [1.165, 1.54) is 0 Å². The van der Waals surface area contributed by atoms with Crippen molar-refractivity contribution in [1.82, 2.24) is 10.3 Å². The molecular formula is C25H23N3O3. The molecule has 0 bridgehead atoms. The Hall–Kier alpha value is -3.93. The van der Waals surface area contributed by atoms with Crippen molar-refractivity contribution >= 4 is 28.4 Å². The first-order valence-corrected chi connectivity index (χ1v) is 10.0. The van der Waals surface area contributed by atoms with Gasteiger partial charge in [-0.2, -0.15) is 0 Å². The lowest BCUT2D eigenvalue weighted by Crippen LogP contribution is -2.33. The molecule has 0 unspecified atom stereocenters. The molecule has 2 aromatic heterocycles. The molecular weight excluding hydrogens is 390 g/mol. The van der Waals surface area contributed by atoms with E-state index in [4.69, 9.17) is 4.42 Å². The summed E-state index contributed by atoms with van der Waals surface area (Å²) in [5.74, 6) is 0.718. The van der Waals surface area contributed by atoms with Crippen molar-refractivity contribution in [3.05, 3.63) is 83.1 Å². The zero-order valence-corrected chi connectivity index (χ0v) is 17.7. The largest absolute Gasteiger partial charge is 0.460 e. The fourth-order valence-corrected chi connectivity index (χ4v) is 3.51. The van der Waals surface area contributed by atoms with Gasteiger partial charge in [-0.3, -0.25) is 9.59 Å². The average molecular weight is 413 g/mol. The van der Waals surface area contributed by atoms with Crippen LogP contribution in [0.1, 0.15) is 27.2 Å². The highest BCUT2D eigenvalue weighted by molar-refractivity contribution is 6.08. The van der Waals surface area contributed by atoms with Crippen LogP contribution in [0.3, 0.4) is 0 Å². The van der Waals surface area contributed by atoms with E-state index >= 15 is 0 Å². The average Bonchev–Trinajstić information content (AvgIpc) is 3.20. The molecule has 4 aromatic rings. The molecule has 2 aromatic carbocycles. The third-order valence-electron chi connectivity index (χ3n) is 5.11. The van der Waals surface area contributed by atoms with Crippen LogP contribution in [0.4, 0.5) is 5.69 Å². The molecule has 0 aliphatic carbocycles. The summed E-state index contributed by atoms with van der Waals surface area (Å²) in [6.45, 7) is 5.58. The Morgan fingerprint density at radius 2 is 1.68 bits per heavy atom. The predicted octanol–water partition coefficient (Wildman–Crippen LogP) is 4.79. The SMILES string of the molecule is Cc1ccc(-c2cc(C(=O)NCC(=O)Nc3c(C)cccc3C)c3ccccc3n2)o1. The maximum Gasteiger partial charge on any atom is 0.252 e. The molecule has 0 aliphatic rings. The molecule has 0 saturated carbocycles. The fraction of sp³-hybridized carbons (Fsp3) is 0.160. The van der Waals surface area contributed by atoms with Gasteiger partial charge in [0.25, 0.3) is 5.91 Å². The van der Waals surface area contributed by atoms with Crippen molar-refractivity contribution in [2.24, 2.45) is 0 Å². The summed E-state index contributed by atoms with van der Waals surface area (Å²) in [6.07, 6.45) is 0. The summed E-state index contributed by atoms with van der Waals surface area (Å²) in [6, 6.07) is 18.6. The van der Waals surface area contributed by atoms with Gasteiger partial charge in [0.1, 0.15) is 11.5 Å². The normalized spacial score (nSPS) is 10.8. The van der Waals surface area contributed by atoms with Gasteiger partial charge >= 0.3 is 0 Å². The van der Waals surface area contributed by atoms with Crippen LogP contribution >= 0.6 is 0 Å². The molecule has 0 fully saturated rings. The van der Waals surface area contributed by atoms with Crippen LogP contribution in [0.2, 0.25) is 0 Å². The fourth-order valence-electron chi connectivity index (χ4n) is 3.51. The van der Waals surface area contributed by atoms with Gasteiger partial charge in [-0.05, 0) is 56.2 Å². The number of carbonyl (C=O) groups is 2. The number of fused-ring (bicyclic) bond motifs is 1. The van der Waals surface area contributed by atoms with Crippen LogP contribution in [0.5, 0.6) is 0 Å². The Balaban J connectivity index is 1.56. The van der Waals surface area contributed by atoms with Crippen LogP contribution in [0, 0.1) is 20.8 Å². The molecule has 156 valence electrons. The highest BCUT2D eigenvalue weighted by Gasteiger charge is 2.16. The van der Waals surface area contributed by atoms with Gasteiger partial charge in [-0.15, -0.1) is 0 Å². The van der Waals surface area contributed by atoms with Crippen LogP contribution in [0.25, 0.3) is 22.4 Å². The van der Waals surface area contributed by atoms with E-state index in [0.717, 1.165) is 22.6 Å². The lowest BCUT2D eigenvalue weighted by Gasteiger charge is -2.13. The van der Waals surface area contributed by atoms with Crippen molar-refractivity contribution in [1.29, 1.82) is 0 Å². The van der Waals surface area contributed by atoms with Gasteiger partial charge in [0.05, 0.1) is 17.6 Å². The zero-order chi connectivity index (χ0) is 22.0. The molecule has 31 heavy (non-hydrogen) atoms. The quantitative estimate of drug-likeness (QED) is 0.493. The number of amides is 2. The van der Waals surface area contributed by atoms with Gasteiger partial charge in [0, 0.05) is 11.1 Å². The summed E-state index contributed by atoms with van der Waals surface area (Å²) < 4.78 is 5.68. The number of aryl methyl sites for hydroxylation is 3. The minimum absolute atomic E-state index is 0.140. The van der Waals surface area contributed by atoms with E-state index in [9.17, 15) is 9.59 Å². The van der Waals surface area contributed by atoms with E-state index in [1.807, 2.05) is 75.4 Å². The van der Waals surface area contributed by atoms with Crippen LogP contribution in [0.15, 0.2) is 65.1 Å². The lowest BCUT2D eigenvalue weighted by atomic mass is 10.1. The molecule has 4 rings (SSSR count). The maximum absolute atomic E-state index is 13.0. The van der Waals surface area contributed by atoms with Crippen molar-refractivity contribution in [3.63, 3.8) is 0 Å². The number of carbonyl (C=O) groups excluding carboxylic acids is 2. The number of para-hydroxylation sites is 2. The van der Waals surface area contributed by atoms with E-state index in [1.54, 1.807) is 6.07 Å². The van der Waals surface area contributed by atoms with Crippen LogP contribution in [-0.2, 0) is 4.79 Å². The summed E-state index contributed by atoms with van der Waals surface area (Å²) >= 11 is 0. The second-order valence-corrected chi connectivity index (χ2v) is 7.48. The van der Waals surface area contributed by atoms with Crippen LogP contribution in [-0.4, -0.2) is 23.3 Å². The maximum atomic E-state index is 13.0. The molecule has 0 saturated heterocycles. The van der Waals surface area contributed by atoms with Gasteiger partial charge in [0.2, 0.25) is 5.91 Å². The first kappa shape index (κ1) is 20.3. The highest BCUT2D eigenvalue weighted by Crippen LogP contribution is 2.26. The molecule has 0 radical (unpaired) electrons. The molecule has 6 heteroatoms. The van der Waals surface area contributed by atoms with E-state index < -0.39 is 0 Å². The Labute approximate surface area is 180 Å². The topological polar surface area (TPSA) is 84.2 Å². The number of nitrogens with one attached hydrogen (secondary N) is 2. The van der Waals surface area contributed by atoms with E-state index in [0.29, 0.717) is 27.9 Å². The van der Waals surface area contributed by atoms with E-state index in [2.05, 4.69) is 15.6 Å². The number of hydrogen-bond donors (Lipinski definition) is 2. The number of hydrogen-bond acceptors (Lipinski definition) is 4. The molecule has 6 nitrogen and oxygen atoms in total. The number of furan rings is 1. The predicted molar refractivity (Wildman–Crippen MR) is 121 cm³/mol. The van der Waals surface area contributed by atoms with Crippen molar-refractivity contribution in [2.45, 2.75) is 20.8 Å². The minimum atomic E-state index is -0.347. The van der Waals surface area contributed by atoms with Gasteiger partial charge in [-0.1, -0.05) is 36.4 Å². The molecule has 2 heterocycles. The Morgan fingerprint density at radius 1 is 0.935 bits per heavy atom. The van der Waals surface area contributed by atoms with Gasteiger partial charge in [0.15, 0.2) is 5.76 Å². The van der Waals surface area contributed by atoms with Crippen LogP contribution < -0.4 is 10.6 Å². The van der Waals surface area contributed by atoms with Crippen molar-refractivity contribution < 1.29 is 14.0 Å². The number of aromatic nitrogens is 1. The zero-order valence-electron chi connectivity index (χ0n) is 17.7. The Bertz CT molecular complexity index is 1270. The number of benzene rings is 2. The number of nitrogens with zero attached hydrogens (tertiary/aromatic N) is 1. The Kier molecular flexibility index (Phi) is 5.54. The smallest absolute Gasteiger partial charge is 0.252 e. The summed E-state index contributed by atoms with van der Waals surface area (Å²) in [5, 5.41) is 6.32. The summed E-state index contributed by atoms with van der Waals surface area (Å²) in [4.78, 5) is 30.1. The molecule has 0 spiro atoms. The standard InChI is InChI=1S/C25H23N3O3/c1-15-7-6-8-16(2)24(15)28-23(29)14-26-25(30)19-13-21(22-12-11-17(3)31-22)27-20-10-5-4-9-18(19)20/h4-13H,14H2,1-3H3,(H,26,30)(H,28,29). The lowest BCUT2D eigenvalue weighted by molar-refractivity contribution is -0.115. The second-order valence-electron chi connectivity index (χ2n) is 7.48. The molecule has 2 N–H and O–H groups in total. The minimum Gasteiger partial charge on any atom is -0.460 e. The van der Waals surface area contributed by atoms with Crippen molar-refractivity contribution in [3.8, 4) is 11.5 Å². The summed E-state index contributed by atoms with van der Waals surface area (Å²) in [7, 11) is 0. The Morgan fingerprint density at radius 3 is 2.39 bits per heavy atom. The molecule has 0 aliphatic heterocycles.